The molecule has 1 aliphatic carbocycles. The fraction of sp³-hybridized carbons (Fsp3) is 0.947. The third kappa shape index (κ3) is 5.66. The van der Waals surface area contributed by atoms with Crippen LogP contribution in [-0.2, 0) is 4.74 Å². The molecule has 1 N–H and O–H groups in total. The number of hydrogen-bond acceptors (Lipinski definition) is 3. The molecule has 0 aromatic heterocycles. The van der Waals surface area contributed by atoms with Crippen molar-refractivity contribution in [3.63, 3.8) is 0 Å². The van der Waals surface area contributed by atoms with Gasteiger partial charge in [0.25, 0.3) is 0 Å². The summed E-state index contributed by atoms with van der Waals surface area (Å²) in [5, 5.41) is 3.86. The largest absolute Gasteiger partial charge is 0.444 e. The summed E-state index contributed by atoms with van der Waals surface area (Å²) >= 11 is 0. The molecule has 2 fully saturated rings. The van der Waals surface area contributed by atoms with Gasteiger partial charge in [-0.2, -0.15) is 0 Å². The molecule has 0 radical (unpaired) electrons. The lowest BCUT2D eigenvalue weighted by Gasteiger charge is -2.40. The molecule has 0 aromatic rings. The molecule has 1 amide bonds. The highest BCUT2D eigenvalue weighted by Gasteiger charge is 2.33. The second-order valence-corrected chi connectivity index (χ2v) is 8.54. The molecule has 1 aliphatic heterocycles. The molecule has 2 atom stereocenters. The maximum Gasteiger partial charge on any atom is 0.410 e. The third-order valence-corrected chi connectivity index (χ3v) is 5.40. The summed E-state index contributed by atoms with van der Waals surface area (Å²) in [7, 11) is 0. The number of hydrogen-bond donors (Lipinski definition) is 1. The van der Waals surface area contributed by atoms with Gasteiger partial charge in [-0.05, 0) is 72.1 Å². The number of amides is 1. The highest BCUT2D eigenvalue weighted by molar-refractivity contribution is 5.68. The zero-order chi connectivity index (χ0) is 17.0. The Morgan fingerprint density at radius 1 is 1.13 bits per heavy atom. The topological polar surface area (TPSA) is 41.6 Å². The van der Waals surface area contributed by atoms with Crippen LogP contribution in [0.5, 0.6) is 0 Å². The van der Waals surface area contributed by atoms with E-state index in [9.17, 15) is 4.79 Å². The maximum absolute atomic E-state index is 12.3. The number of piperidine rings is 1. The van der Waals surface area contributed by atoms with E-state index in [0.717, 1.165) is 25.3 Å². The lowest BCUT2D eigenvalue weighted by atomic mass is 9.84. The van der Waals surface area contributed by atoms with Gasteiger partial charge in [-0.15, -0.1) is 0 Å². The zero-order valence-corrected chi connectivity index (χ0v) is 15.7. The highest BCUT2D eigenvalue weighted by Crippen LogP contribution is 2.28. The summed E-state index contributed by atoms with van der Waals surface area (Å²) in [6.45, 7) is 11.0. The predicted molar refractivity (Wildman–Crippen MR) is 94.6 cm³/mol. The van der Waals surface area contributed by atoms with Crippen molar-refractivity contribution in [1.82, 2.24) is 10.2 Å². The number of rotatable bonds is 3. The van der Waals surface area contributed by atoms with E-state index in [1.54, 1.807) is 0 Å². The molecular formula is C19H36N2O2. The Morgan fingerprint density at radius 3 is 2.30 bits per heavy atom. The predicted octanol–water partition coefficient (Wildman–Crippen LogP) is 4.33. The first-order valence-electron chi connectivity index (χ1n) is 9.54. The molecule has 134 valence electrons. The molecule has 2 unspecified atom stereocenters. The first-order valence-corrected chi connectivity index (χ1v) is 9.54. The van der Waals surface area contributed by atoms with E-state index in [1.165, 1.54) is 32.1 Å². The van der Waals surface area contributed by atoms with Gasteiger partial charge in [-0.25, -0.2) is 4.79 Å². The van der Waals surface area contributed by atoms with E-state index in [0.29, 0.717) is 12.1 Å². The number of nitrogens with zero attached hydrogens (tertiary/aromatic N) is 1. The smallest absolute Gasteiger partial charge is 0.410 e. The summed E-state index contributed by atoms with van der Waals surface area (Å²) in [4.78, 5) is 14.2. The zero-order valence-electron chi connectivity index (χ0n) is 15.7. The fourth-order valence-corrected chi connectivity index (χ4v) is 3.99. The van der Waals surface area contributed by atoms with Crippen LogP contribution < -0.4 is 5.32 Å². The first-order chi connectivity index (χ1) is 10.8. The Morgan fingerprint density at radius 2 is 1.78 bits per heavy atom. The van der Waals surface area contributed by atoms with Crippen LogP contribution in [0.25, 0.3) is 0 Å². The van der Waals surface area contributed by atoms with Gasteiger partial charge in [-0.1, -0.05) is 13.3 Å². The van der Waals surface area contributed by atoms with E-state index < -0.39 is 5.60 Å². The van der Waals surface area contributed by atoms with Gasteiger partial charge >= 0.3 is 6.09 Å². The number of ether oxygens (including phenoxy) is 1. The Hall–Kier alpha value is -0.770. The van der Waals surface area contributed by atoms with Gasteiger partial charge in [0.2, 0.25) is 0 Å². The van der Waals surface area contributed by atoms with Crippen LogP contribution in [0.15, 0.2) is 0 Å². The van der Waals surface area contributed by atoms with Crippen molar-refractivity contribution in [3.8, 4) is 0 Å². The second kappa shape index (κ2) is 7.87. The number of carbonyl (C=O) groups excluding carboxylic acids is 1. The highest BCUT2D eigenvalue weighted by atomic mass is 16.6. The summed E-state index contributed by atoms with van der Waals surface area (Å²) in [6, 6.07) is 1.48. The molecule has 1 heterocycles. The third-order valence-electron chi connectivity index (χ3n) is 5.40. The molecule has 1 saturated carbocycles. The lowest BCUT2D eigenvalue weighted by Crippen LogP contribution is -2.53. The van der Waals surface area contributed by atoms with Gasteiger partial charge in [0.15, 0.2) is 0 Å². The van der Waals surface area contributed by atoms with Gasteiger partial charge in [0.05, 0.1) is 0 Å². The summed E-state index contributed by atoms with van der Waals surface area (Å²) < 4.78 is 5.52. The molecule has 1 saturated heterocycles. The van der Waals surface area contributed by atoms with Crippen molar-refractivity contribution < 1.29 is 9.53 Å². The Bertz CT molecular complexity index is 383. The Labute approximate surface area is 142 Å². The first kappa shape index (κ1) is 18.6. The van der Waals surface area contributed by atoms with Crippen molar-refractivity contribution in [2.75, 3.05) is 6.54 Å². The van der Waals surface area contributed by atoms with Crippen molar-refractivity contribution in [3.05, 3.63) is 0 Å². The van der Waals surface area contributed by atoms with Crippen molar-refractivity contribution in [2.24, 2.45) is 5.92 Å². The average Bonchev–Trinajstić information content (AvgIpc) is 2.46. The van der Waals surface area contributed by atoms with E-state index >= 15 is 0 Å². The fourth-order valence-electron chi connectivity index (χ4n) is 3.99. The number of nitrogens with one attached hydrogen (secondary N) is 1. The van der Waals surface area contributed by atoms with Crippen LogP contribution in [0.2, 0.25) is 0 Å². The standard InChI is InChI=1S/C19H36N2O2/c1-6-15-7-9-16(10-8-15)20-17-11-12-21(14(2)13-17)18(22)23-19(3,4)5/h14-17,20H,6-13H2,1-5H3. The summed E-state index contributed by atoms with van der Waals surface area (Å²) in [5.74, 6) is 0.945. The van der Waals surface area contributed by atoms with Gasteiger partial charge in [-0.3, -0.25) is 0 Å². The number of likely N-dealkylation sites (tertiary alicyclic amines) is 1. The van der Waals surface area contributed by atoms with Gasteiger partial charge in [0, 0.05) is 24.7 Å². The minimum atomic E-state index is -0.413. The van der Waals surface area contributed by atoms with E-state index in [4.69, 9.17) is 4.74 Å². The molecule has 4 heteroatoms. The molecule has 4 nitrogen and oxygen atoms in total. The molecule has 0 bridgehead atoms. The molecule has 2 aliphatic rings. The second-order valence-electron chi connectivity index (χ2n) is 8.54. The Kier molecular flexibility index (Phi) is 6.35. The molecule has 2 rings (SSSR count). The van der Waals surface area contributed by atoms with Gasteiger partial charge < -0.3 is 15.0 Å². The SMILES string of the molecule is CCC1CCC(NC2CCN(C(=O)OC(C)(C)C)C(C)C2)CC1. The molecular weight excluding hydrogens is 288 g/mol. The van der Waals surface area contributed by atoms with Crippen LogP contribution in [-0.4, -0.2) is 41.3 Å². The molecule has 0 aromatic carbocycles. The minimum absolute atomic E-state index is 0.160. The molecule has 0 spiro atoms. The van der Waals surface area contributed by atoms with E-state index in [2.05, 4.69) is 19.2 Å². The normalized spacial score (nSPS) is 32.7. The molecule has 23 heavy (non-hydrogen) atoms. The van der Waals surface area contributed by atoms with Crippen molar-refractivity contribution in [1.29, 1.82) is 0 Å². The maximum atomic E-state index is 12.3. The summed E-state index contributed by atoms with van der Waals surface area (Å²) in [5.41, 5.74) is -0.413. The summed E-state index contributed by atoms with van der Waals surface area (Å²) in [6.07, 6.45) is 8.63. The Balaban J connectivity index is 1.76. The van der Waals surface area contributed by atoms with Crippen LogP contribution >= 0.6 is 0 Å². The minimum Gasteiger partial charge on any atom is -0.444 e. The van der Waals surface area contributed by atoms with Crippen LogP contribution in [0.4, 0.5) is 4.79 Å². The van der Waals surface area contributed by atoms with Crippen molar-refractivity contribution >= 4 is 6.09 Å². The van der Waals surface area contributed by atoms with Crippen molar-refractivity contribution in [2.45, 2.75) is 103 Å². The van der Waals surface area contributed by atoms with Crippen LogP contribution in [0, 0.1) is 5.92 Å². The quantitative estimate of drug-likeness (QED) is 0.840. The monoisotopic (exact) mass is 324 g/mol. The number of carbonyl (C=O) groups is 1. The van der Waals surface area contributed by atoms with Crippen LogP contribution in [0.3, 0.4) is 0 Å². The average molecular weight is 325 g/mol. The van der Waals surface area contributed by atoms with Gasteiger partial charge in [0.1, 0.15) is 5.60 Å². The lowest BCUT2D eigenvalue weighted by molar-refractivity contribution is 0.00872. The van der Waals surface area contributed by atoms with Crippen LogP contribution in [0.1, 0.15) is 79.6 Å². The van der Waals surface area contributed by atoms with E-state index in [-0.39, 0.29) is 12.1 Å². The van der Waals surface area contributed by atoms with E-state index in [1.807, 2.05) is 25.7 Å².